The number of hydrogen-bond acceptors (Lipinski definition) is 8. The van der Waals surface area contributed by atoms with Crippen LogP contribution in [-0.2, 0) is 0 Å². The van der Waals surface area contributed by atoms with E-state index in [-0.39, 0.29) is 0 Å². The second kappa shape index (κ2) is 31.6. The van der Waals surface area contributed by atoms with Crippen LogP contribution >= 0.6 is 0 Å². The van der Waals surface area contributed by atoms with Crippen LogP contribution in [0.4, 0.5) is 0 Å². The minimum absolute atomic E-state index is 0.630. The van der Waals surface area contributed by atoms with Gasteiger partial charge < -0.3 is 0 Å². The van der Waals surface area contributed by atoms with Crippen LogP contribution in [0.5, 0.6) is 0 Å². The summed E-state index contributed by atoms with van der Waals surface area (Å²) in [7, 11) is 0. The fourth-order valence-corrected chi connectivity index (χ4v) is 16.5. The maximum Gasteiger partial charge on any atom is 0.164 e. The first-order chi connectivity index (χ1) is 59.4. The average molecular weight is 1530 g/mol. The molecule has 18 aromatic carbocycles. The molecular formula is C112H72N8. The van der Waals surface area contributed by atoms with Crippen molar-refractivity contribution in [1.29, 1.82) is 0 Å². The van der Waals surface area contributed by atoms with Crippen molar-refractivity contribution < 1.29 is 0 Å². The number of aromatic nitrogens is 8. The third-order valence-electron chi connectivity index (χ3n) is 22.6. The van der Waals surface area contributed by atoms with Gasteiger partial charge in [0.25, 0.3) is 0 Å². The van der Waals surface area contributed by atoms with E-state index < -0.39 is 0 Å². The van der Waals surface area contributed by atoms with E-state index in [1.54, 1.807) is 0 Å². The van der Waals surface area contributed by atoms with Gasteiger partial charge in [0.05, 0.1) is 22.4 Å². The molecule has 0 radical (unpaired) electrons. The van der Waals surface area contributed by atoms with Gasteiger partial charge in [-0.3, -0.25) is 0 Å². The molecule has 0 saturated carbocycles. The Morgan fingerprint density at radius 3 is 0.817 bits per heavy atom. The van der Waals surface area contributed by atoms with Gasteiger partial charge in [-0.05, 0) is 124 Å². The van der Waals surface area contributed by atoms with E-state index in [0.717, 1.165) is 128 Å². The average Bonchev–Trinajstić information content (AvgIpc) is 0.743. The standard InChI is InChI=1S/2C56H36N4/c1-3-13-37(14-4-1)38-25-29-42(30-26-38)55-58-54(41-16-5-2-6-17-41)59-56(60-55)43-31-27-39(28-32-43)44-18-11-19-45(35-44)46-20-12-21-47(36-46)53-52-48-22-8-7-15-40(48)33-34-50(52)49-23-9-10-24-51(49)57-53;1-3-13-37(14-4-1)38-25-29-42(30-26-38)55-58-54(41-16-5-2-6-17-41)59-56(60-55)43-31-27-39(28-32-43)44-18-11-19-45(35-44)46-20-12-21-47(36-46)52-50-24-10-9-23-49(50)51-34-33-40-15-7-8-22-48(40)53(51)57-52/h2*1-36H. The molecule has 0 aliphatic rings. The van der Waals surface area contributed by atoms with Crippen LogP contribution in [-0.4, -0.2) is 39.9 Å². The summed E-state index contributed by atoms with van der Waals surface area (Å²) in [6, 6.07) is 153. The second-order valence-electron chi connectivity index (χ2n) is 30.1. The van der Waals surface area contributed by atoms with E-state index in [1.807, 2.05) is 72.8 Å². The van der Waals surface area contributed by atoms with E-state index in [0.29, 0.717) is 34.9 Å². The molecule has 0 aliphatic carbocycles. The lowest BCUT2D eigenvalue weighted by atomic mass is 9.93. The van der Waals surface area contributed by atoms with Gasteiger partial charge in [0, 0.05) is 71.4 Å². The fraction of sp³-hybridized carbons (Fsp3) is 0. The molecule has 8 nitrogen and oxygen atoms in total. The van der Waals surface area contributed by atoms with Gasteiger partial charge in [-0.25, -0.2) is 39.9 Å². The number of hydrogen-bond donors (Lipinski definition) is 0. The van der Waals surface area contributed by atoms with E-state index in [4.69, 9.17) is 39.9 Å². The molecule has 0 amide bonds. The topological polar surface area (TPSA) is 103 Å². The summed E-state index contributed by atoms with van der Waals surface area (Å²) in [5, 5.41) is 11.9. The Morgan fingerprint density at radius 1 is 0.125 bits per heavy atom. The summed E-state index contributed by atoms with van der Waals surface area (Å²) in [6.07, 6.45) is 0. The van der Waals surface area contributed by atoms with Crippen molar-refractivity contribution in [2.24, 2.45) is 0 Å². The number of fused-ring (bicyclic) bond motifs is 10. The van der Waals surface area contributed by atoms with Gasteiger partial charge in [0.2, 0.25) is 0 Å². The second-order valence-corrected chi connectivity index (χ2v) is 30.1. The fourth-order valence-electron chi connectivity index (χ4n) is 16.5. The summed E-state index contributed by atoms with van der Waals surface area (Å²) in [5.41, 5.74) is 25.5. The van der Waals surface area contributed by atoms with Crippen LogP contribution in [0.15, 0.2) is 437 Å². The van der Waals surface area contributed by atoms with Crippen molar-refractivity contribution in [3.63, 3.8) is 0 Å². The van der Waals surface area contributed by atoms with Crippen molar-refractivity contribution in [2.75, 3.05) is 0 Å². The SMILES string of the molecule is c1ccc(-c2ccc(-c3nc(-c4ccccc4)nc(-c4ccc(-c5cccc(-c6cccc(-c7nc8c9ccccc9ccc8c8ccccc78)c6)c5)cc4)n3)cc2)cc1.c1ccc(-c2ccc(-c3nc(-c4ccccc4)nc(-c4ccc(-c5cccc(-c6cccc(-c7nc8ccccc8c8ccc9ccccc9c78)c6)c5)cc4)n3)cc2)cc1. The smallest absolute Gasteiger partial charge is 0.164 e. The zero-order valence-corrected chi connectivity index (χ0v) is 65.1. The lowest BCUT2D eigenvalue weighted by Crippen LogP contribution is -2.00. The minimum Gasteiger partial charge on any atom is -0.247 e. The van der Waals surface area contributed by atoms with Gasteiger partial charge in [-0.15, -0.1) is 0 Å². The van der Waals surface area contributed by atoms with E-state index in [1.165, 1.54) is 59.6 Å². The molecule has 4 heterocycles. The molecule has 22 rings (SSSR count). The summed E-state index contributed by atoms with van der Waals surface area (Å²) >= 11 is 0. The van der Waals surface area contributed by atoms with Crippen molar-refractivity contribution in [3.05, 3.63) is 437 Å². The number of rotatable bonds is 14. The predicted octanol–water partition coefficient (Wildman–Crippen LogP) is 28.8. The lowest BCUT2D eigenvalue weighted by Gasteiger charge is -2.14. The Morgan fingerprint density at radius 2 is 0.392 bits per heavy atom. The molecule has 0 atom stereocenters. The highest BCUT2D eigenvalue weighted by Gasteiger charge is 2.20. The highest BCUT2D eigenvalue weighted by Crippen LogP contribution is 2.42. The molecular weight excluding hydrogens is 1460 g/mol. The Labute approximate surface area is 694 Å². The van der Waals surface area contributed by atoms with Crippen molar-refractivity contribution in [3.8, 4) is 158 Å². The van der Waals surface area contributed by atoms with Gasteiger partial charge in [0.15, 0.2) is 34.9 Å². The minimum atomic E-state index is 0.630. The summed E-state index contributed by atoms with van der Waals surface area (Å²) < 4.78 is 0. The Balaban J connectivity index is 0.000000148. The van der Waals surface area contributed by atoms with E-state index in [9.17, 15) is 0 Å². The number of para-hydroxylation sites is 1. The monoisotopic (exact) mass is 1530 g/mol. The molecule has 8 heteroatoms. The number of benzene rings is 18. The van der Waals surface area contributed by atoms with E-state index >= 15 is 0 Å². The molecule has 22 aromatic rings. The Bertz CT molecular complexity index is 7580. The molecule has 4 aromatic heterocycles. The first kappa shape index (κ1) is 71.6. The van der Waals surface area contributed by atoms with Crippen molar-refractivity contribution >= 4 is 64.9 Å². The lowest BCUT2D eigenvalue weighted by molar-refractivity contribution is 1.07. The largest absolute Gasteiger partial charge is 0.247 e. The van der Waals surface area contributed by atoms with Crippen LogP contribution in [0, 0.1) is 0 Å². The molecule has 0 unspecified atom stereocenters. The normalized spacial score (nSPS) is 11.3. The van der Waals surface area contributed by atoms with Gasteiger partial charge in [0.1, 0.15) is 0 Å². The maximum atomic E-state index is 5.38. The zero-order chi connectivity index (χ0) is 79.7. The number of nitrogens with zero attached hydrogens (tertiary/aromatic N) is 8. The predicted molar refractivity (Wildman–Crippen MR) is 496 cm³/mol. The summed E-state index contributed by atoms with van der Waals surface area (Å²) in [6.45, 7) is 0. The van der Waals surface area contributed by atoms with Gasteiger partial charge >= 0.3 is 0 Å². The molecule has 0 N–H and O–H groups in total. The Hall–Kier alpha value is -16.2. The van der Waals surface area contributed by atoms with Crippen LogP contribution in [0.3, 0.4) is 0 Å². The quantitative estimate of drug-likeness (QED) is 0.0992. The molecule has 120 heavy (non-hydrogen) atoms. The molecule has 0 spiro atoms. The molecule has 0 saturated heterocycles. The van der Waals surface area contributed by atoms with E-state index in [2.05, 4.69) is 364 Å². The summed E-state index contributed by atoms with van der Waals surface area (Å²) in [4.78, 5) is 40.6. The third-order valence-corrected chi connectivity index (χ3v) is 22.6. The van der Waals surface area contributed by atoms with Gasteiger partial charge in [-0.2, -0.15) is 0 Å². The van der Waals surface area contributed by atoms with Crippen LogP contribution in [0.1, 0.15) is 0 Å². The maximum absolute atomic E-state index is 5.38. The van der Waals surface area contributed by atoms with Crippen LogP contribution < -0.4 is 0 Å². The molecule has 0 fully saturated rings. The first-order valence-electron chi connectivity index (χ1n) is 40.4. The zero-order valence-electron chi connectivity index (χ0n) is 65.1. The van der Waals surface area contributed by atoms with Crippen molar-refractivity contribution in [1.82, 2.24) is 39.9 Å². The third kappa shape index (κ3) is 14.2. The van der Waals surface area contributed by atoms with Gasteiger partial charge in [-0.1, -0.05) is 406 Å². The van der Waals surface area contributed by atoms with Crippen LogP contribution in [0.2, 0.25) is 0 Å². The van der Waals surface area contributed by atoms with Crippen molar-refractivity contribution in [2.45, 2.75) is 0 Å². The highest BCUT2D eigenvalue weighted by molar-refractivity contribution is 6.22. The Kier molecular flexibility index (Phi) is 18.8. The van der Waals surface area contributed by atoms with Crippen LogP contribution in [0.25, 0.3) is 222 Å². The first-order valence-corrected chi connectivity index (χ1v) is 40.4. The number of pyridine rings is 2. The highest BCUT2D eigenvalue weighted by atomic mass is 15.0. The molecule has 560 valence electrons. The molecule has 0 bridgehead atoms. The molecule has 0 aliphatic heterocycles. The summed E-state index contributed by atoms with van der Waals surface area (Å²) in [5.74, 6) is 3.82.